The molecule has 3 aromatic rings. The van der Waals surface area contributed by atoms with Gasteiger partial charge >= 0.3 is 0 Å². The summed E-state index contributed by atoms with van der Waals surface area (Å²) in [5.74, 6) is 0.212. The molecule has 0 radical (unpaired) electrons. The second-order valence-electron chi connectivity index (χ2n) is 6.36. The van der Waals surface area contributed by atoms with Crippen molar-refractivity contribution in [2.75, 3.05) is 5.75 Å². The van der Waals surface area contributed by atoms with E-state index in [1.54, 1.807) is 24.4 Å². The predicted octanol–water partition coefficient (Wildman–Crippen LogP) is 4.96. The summed E-state index contributed by atoms with van der Waals surface area (Å²) in [7, 11) is 0. The van der Waals surface area contributed by atoms with Gasteiger partial charge in [-0.3, -0.25) is 4.79 Å². The molecule has 0 saturated heterocycles. The molecule has 148 valence electrons. The summed E-state index contributed by atoms with van der Waals surface area (Å²) in [6, 6.07) is 22.0. The maximum atomic E-state index is 13.5. The molecule has 0 aliphatic heterocycles. The first-order valence-electron chi connectivity index (χ1n) is 9.08. The van der Waals surface area contributed by atoms with Crippen molar-refractivity contribution in [3.8, 4) is 5.75 Å². The number of thioether (sulfide) groups is 1. The Morgan fingerprint density at radius 1 is 1.07 bits per heavy atom. The zero-order valence-corrected chi connectivity index (χ0v) is 16.8. The first kappa shape index (κ1) is 20.6. The van der Waals surface area contributed by atoms with E-state index in [0.29, 0.717) is 11.5 Å². The van der Waals surface area contributed by atoms with E-state index in [9.17, 15) is 9.18 Å². The third-order valence-electron chi connectivity index (χ3n) is 4.00. The van der Waals surface area contributed by atoms with Gasteiger partial charge in [-0.05, 0) is 54.4 Å². The van der Waals surface area contributed by atoms with Crippen molar-refractivity contribution in [3.63, 3.8) is 0 Å². The average Bonchev–Trinajstić information content (AvgIpc) is 2.74. The molecular formula is C23H21FN2O2S. The molecule has 0 bridgehead atoms. The number of rotatable bonds is 8. The molecule has 0 aliphatic carbocycles. The minimum atomic E-state index is -0.335. The minimum absolute atomic E-state index is 0.0874. The number of benzene rings is 3. The molecule has 0 fully saturated rings. The van der Waals surface area contributed by atoms with Gasteiger partial charge in [-0.1, -0.05) is 42.0 Å². The van der Waals surface area contributed by atoms with Crippen LogP contribution in [0.5, 0.6) is 5.75 Å². The Labute approximate surface area is 173 Å². The van der Waals surface area contributed by atoms with Crippen molar-refractivity contribution >= 4 is 23.9 Å². The number of nitrogens with zero attached hydrogens (tertiary/aromatic N) is 1. The minimum Gasteiger partial charge on any atom is -0.489 e. The quantitative estimate of drug-likeness (QED) is 0.326. The van der Waals surface area contributed by atoms with Gasteiger partial charge in [0.25, 0.3) is 0 Å². The Kier molecular flexibility index (Phi) is 7.41. The number of aryl methyl sites for hydroxylation is 1. The lowest BCUT2D eigenvalue weighted by Crippen LogP contribution is -2.19. The zero-order chi connectivity index (χ0) is 20.5. The molecule has 0 atom stereocenters. The van der Waals surface area contributed by atoms with Gasteiger partial charge in [-0.15, -0.1) is 11.8 Å². The Bertz CT molecular complexity index is 973. The van der Waals surface area contributed by atoms with Crippen LogP contribution >= 0.6 is 11.8 Å². The largest absolute Gasteiger partial charge is 0.489 e. The summed E-state index contributed by atoms with van der Waals surface area (Å²) < 4.78 is 19.3. The number of nitrogens with one attached hydrogen (secondary N) is 1. The fourth-order valence-electron chi connectivity index (χ4n) is 2.42. The number of carbonyl (C=O) groups excluding carboxylic acids is 1. The van der Waals surface area contributed by atoms with Gasteiger partial charge in [0.05, 0.1) is 12.0 Å². The van der Waals surface area contributed by atoms with Gasteiger partial charge in [-0.2, -0.15) is 5.10 Å². The van der Waals surface area contributed by atoms with Crippen molar-refractivity contribution in [2.45, 2.75) is 18.4 Å². The van der Waals surface area contributed by atoms with Crippen LogP contribution < -0.4 is 10.2 Å². The lowest BCUT2D eigenvalue weighted by atomic mass is 10.2. The second kappa shape index (κ2) is 10.4. The van der Waals surface area contributed by atoms with Crippen LogP contribution in [0.3, 0.4) is 0 Å². The molecule has 0 unspecified atom stereocenters. The van der Waals surface area contributed by atoms with Crippen molar-refractivity contribution < 1.29 is 13.9 Å². The smallest absolute Gasteiger partial charge is 0.250 e. The maximum absolute atomic E-state index is 13.5. The number of hydrogen-bond donors (Lipinski definition) is 1. The van der Waals surface area contributed by atoms with Gasteiger partial charge in [-0.25, -0.2) is 9.82 Å². The SMILES string of the molecule is Cc1ccc(COc2ccc(/C=N/NC(=O)CSc3ccccc3F)cc2)cc1. The summed E-state index contributed by atoms with van der Waals surface area (Å²) in [6.07, 6.45) is 1.55. The second-order valence-corrected chi connectivity index (χ2v) is 7.37. The van der Waals surface area contributed by atoms with Crippen LogP contribution in [0.25, 0.3) is 0 Å². The molecule has 4 nitrogen and oxygen atoms in total. The van der Waals surface area contributed by atoms with Crippen LogP contribution in [0.1, 0.15) is 16.7 Å². The van der Waals surface area contributed by atoms with Crippen LogP contribution in [0.2, 0.25) is 0 Å². The lowest BCUT2D eigenvalue weighted by molar-refractivity contribution is -0.118. The van der Waals surface area contributed by atoms with Crippen LogP contribution in [-0.4, -0.2) is 17.9 Å². The molecule has 1 N–H and O–H groups in total. The highest BCUT2D eigenvalue weighted by Crippen LogP contribution is 2.20. The predicted molar refractivity (Wildman–Crippen MR) is 115 cm³/mol. The highest BCUT2D eigenvalue weighted by Gasteiger charge is 2.05. The summed E-state index contributed by atoms with van der Waals surface area (Å²) >= 11 is 1.13. The topological polar surface area (TPSA) is 50.7 Å². The number of amides is 1. The van der Waals surface area contributed by atoms with Crippen molar-refractivity contribution in [1.29, 1.82) is 0 Å². The van der Waals surface area contributed by atoms with Gasteiger partial charge in [0, 0.05) is 4.90 Å². The van der Waals surface area contributed by atoms with E-state index in [-0.39, 0.29) is 17.5 Å². The van der Waals surface area contributed by atoms with E-state index in [2.05, 4.69) is 29.6 Å². The van der Waals surface area contributed by atoms with E-state index >= 15 is 0 Å². The van der Waals surface area contributed by atoms with E-state index < -0.39 is 0 Å². The fourth-order valence-corrected chi connectivity index (χ4v) is 3.15. The summed E-state index contributed by atoms with van der Waals surface area (Å²) in [6.45, 7) is 2.55. The number of hydrazone groups is 1. The standard InChI is InChI=1S/C23H21FN2O2S/c1-17-6-8-19(9-7-17)15-28-20-12-10-18(11-13-20)14-25-26-23(27)16-29-22-5-3-2-4-21(22)24/h2-14H,15-16H2,1H3,(H,26,27)/b25-14+. The van der Waals surface area contributed by atoms with Crippen LogP contribution in [0, 0.1) is 12.7 Å². The molecule has 0 aliphatic rings. The molecule has 0 heterocycles. The fraction of sp³-hybridized carbons (Fsp3) is 0.130. The molecule has 0 saturated carbocycles. The van der Waals surface area contributed by atoms with Crippen molar-refractivity contribution in [2.24, 2.45) is 5.10 Å². The first-order chi connectivity index (χ1) is 14.1. The Balaban J connectivity index is 1.42. The van der Waals surface area contributed by atoms with Crippen LogP contribution in [0.15, 0.2) is 82.8 Å². The molecule has 3 aromatic carbocycles. The van der Waals surface area contributed by atoms with Crippen molar-refractivity contribution in [3.05, 3.63) is 95.3 Å². The van der Waals surface area contributed by atoms with E-state index in [1.807, 2.05) is 36.4 Å². The highest BCUT2D eigenvalue weighted by atomic mass is 32.2. The van der Waals surface area contributed by atoms with Gasteiger partial charge < -0.3 is 4.74 Å². The third kappa shape index (κ3) is 6.76. The molecule has 1 amide bonds. The number of carbonyl (C=O) groups is 1. The maximum Gasteiger partial charge on any atom is 0.250 e. The molecule has 0 spiro atoms. The van der Waals surface area contributed by atoms with Crippen LogP contribution in [-0.2, 0) is 11.4 Å². The van der Waals surface area contributed by atoms with E-state index in [0.717, 1.165) is 28.6 Å². The Morgan fingerprint density at radius 2 is 1.79 bits per heavy atom. The highest BCUT2D eigenvalue weighted by molar-refractivity contribution is 8.00. The number of hydrogen-bond acceptors (Lipinski definition) is 4. The van der Waals surface area contributed by atoms with Gasteiger partial charge in [0.15, 0.2) is 0 Å². The van der Waals surface area contributed by atoms with Gasteiger partial charge in [0.1, 0.15) is 18.2 Å². The van der Waals surface area contributed by atoms with E-state index in [1.165, 1.54) is 11.6 Å². The molecule has 29 heavy (non-hydrogen) atoms. The summed E-state index contributed by atoms with van der Waals surface area (Å²) in [5, 5.41) is 3.94. The zero-order valence-electron chi connectivity index (χ0n) is 16.0. The average molecular weight is 408 g/mol. The normalized spacial score (nSPS) is 10.8. The molecule has 0 aromatic heterocycles. The summed E-state index contributed by atoms with van der Waals surface area (Å²) in [4.78, 5) is 12.3. The van der Waals surface area contributed by atoms with Crippen LogP contribution in [0.4, 0.5) is 4.39 Å². The molecule has 3 rings (SSSR count). The lowest BCUT2D eigenvalue weighted by Gasteiger charge is -2.07. The first-order valence-corrected chi connectivity index (χ1v) is 10.1. The molecule has 6 heteroatoms. The van der Waals surface area contributed by atoms with Crippen molar-refractivity contribution in [1.82, 2.24) is 5.43 Å². The number of ether oxygens (including phenoxy) is 1. The Hall–Kier alpha value is -3.12. The monoisotopic (exact) mass is 408 g/mol. The molecular weight excluding hydrogens is 387 g/mol. The third-order valence-corrected chi connectivity index (χ3v) is 5.05. The number of halogens is 1. The summed E-state index contributed by atoms with van der Waals surface area (Å²) in [5.41, 5.74) is 5.60. The van der Waals surface area contributed by atoms with Gasteiger partial charge in [0.2, 0.25) is 5.91 Å². The van der Waals surface area contributed by atoms with E-state index in [4.69, 9.17) is 4.74 Å². The Morgan fingerprint density at radius 3 is 2.52 bits per heavy atom.